The number of carbonyl (C=O) groups excluding carboxylic acids is 1. The molecular formula is C15H20O3Si. The van der Waals surface area contributed by atoms with E-state index in [9.17, 15) is 4.79 Å². The monoisotopic (exact) mass is 276 g/mol. The first-order chi connectivity index (χ1) is 9.06. The third-order valence-electron chi connectivity index (χ3n) is 3.02. The number of esters is 1. The van der Waals surface area contributed by atoms with E-state index in [0.717, 1.165) is 18.2 Å². The van der Waals surface area contributed by atoms with Crippen LogP contribution in [0.15, 0.2) is 24.8 Å². The lowest BCUT2D eigenvalue weighted by Gasteiger charge is -2.12. The molecule has 0 bridgehead atoms. The van der Waals surface area contributed by atoms with Gasteiger partial charge in [0.2, 0.25) is 0 Å². The summed E-state index contributed by atoms with van der Waals surface area (Å²) in [4.78, 5) is 10.8. The summed E-state index contributed by atoms with van der Waals surface area (Å²) in [7, 11) is 0.386. The largest absolute Gasteiger partial charge is 0.541 e. The van der Waals surface area contributed by atoms with Crippen LogP contribution in [0.4, 0.5) is 0 Å². The second-order valence-electron chi connectivity index (χ2n) is 4.35. The van der Waals surface area contributed by atoms with Crippen LogP contribution >= 0.6 is 0 Å². The van der Waals surface area contributed by atoms with Crippen molar-refractivity contribution in [3.8, 4) is 5.75 Å². The number of ether oxygens (including phenoxy) is 1. The van der Waals surface area contributed by atoms with Gasteiger partial charge in [-0.15, -0.1) is 0 Å². The molecule has 0 N–H and O–H groups in total. The van der Waals surface area contributed by atoms with Crippen molar-refractivity contribution in [3.05, 3.63) is 41.5 Å². The maximum absolute atomic E-state index is 10.8. The summed E-state index contributed by atoms with van der Waals surface area (Å²) in [6.45, 7) is 10.1. The van der Waals surface area contributed by atoms with Gasteiger partial charge in [0, 0.05) is 6.08 Å². The predicted molar refractivity (Wildman–Crippen MR) is 77.6 cm³/mol. The predicted octanol–water partition coefficient (Wildman–Crippen LogP) is 3.15. The van der Waals surface area contributed by atoms with Gasteiger partial charge >= 0.3 is 15.7 Å². The lowest BCUT2D eigenvalue weighted by molar-refractivity contribution is -0.137. The lowest BCUT2D eigenvalue weighted by Crippen LogP contribution is -2.07. The Morgan fingerprint density at radius 1 is 1.32 bits per heavy atom. The zero-order chi connectivity index (χ0) is 14.3. The Hall–Kier alpha value is -1.55. The molecule has 0 saturated carbocycles. The molecule has 1 aromatic rings. The fraction of sp³-hybridized carbons (Fsp3) is 0.400. The Balaban J connectivity index is 2.28. The highest BCUT2D eigenvalue weighted by Crippen LogP contribution is 2.23. The zero-order valence-electron chi connectivity index (χ0n) is 11.8. The summed E-state index contributed by atoms with van der Waals surface area (Å²) >= 11 is 0. The van der Waals surface area contributed by atoms with Crippen LogP contribution in [0.1, 0.15) is 23.1 Å². The molecule has 0 saturated heterocycles. The fourth-order valence-corrected chi connectivity index (χ4v) is 2.31. The normalized spacial score (nSPS) is 10.1. The molecule has 19 heavy (non-hydrogen) atoms. The van der Waals surface area contributed by atoms with E-state index in [-0.39, 0.29) is 5.97 Å². The molecule has 0 heterocycles. The molecule has 1 aromatic carbocycles. The van der Waals surface area contributed by atoms with Gasteiger partial charge < -0.3 is 9.16 Å². The second kappa shape index (κ2) is 7.79. The van der Waals surface area contributed by atoms with Crippen LogP contribution in [0.25, 0.3) is 0 Å². The Morgan fingerprint density at radius 2 is 2.05 bits per heavy atom. The van der Waals surface area contributed by atoms with Gasteiger partial charge in [0.1, 0.15) is 5.75 Å². The molecule has 102 valence electrons. The topological polar surface area (TPSA) is 35.5 Å². The number of aryl methyl sites for hydroxylation is 1. The summed E-state index contributed by atoms with van der Waals surface area (Å²) in [5, 5.41) is 0. The van der Waals surface area contributed by atoms with Crippen molar-refractivity contribution in [2.24, 2.45) is 0 Å². The van der Waals surface area contributed by atoms with Gasteiger partial charge in [-0.3, -0.25) is 0 Å². The smallest absolute Gasteiger partial charge is 0.330 e. The van der Waals surface area contributed by atoms with Gasteiger partial charge in [-0.05, 0) is 56.0 Å². The highest BCUT2D eigenvalue weighted by atomic mass is 28.2. The molecule has 0 unspecified atom stereocenters. The van der Waals surface area contributed by atoms with Gasteiger partial charge in [-0.1, -0.05) is 12.6 Å². The van der Waals surface area contributed by atoms with E-state index < -0.39 is 0 Å². The maximum Gasteiger partial charge on any atom is 0.330 e. The Labute approximate surface area is 117 Å². The molecule has 0 aromatic heterocycles. The number of hydrogen-bond acceptors (Lipinski definition) is 3. The molecule has 2 radical (unpaired) electrons. The van der Waals surface area contributed by atoms with Gasteiger partial charge in [0.05, 0.1) is 6.61 Å². The SMILES string of the molecule is C=CC(=O)OCCC[Si]Oc1ccc(C)c(C)c1C. The lowest BCUT2D eigenvalue weighted by atomic mass is 10.0. The van der Waals surface area contributed by atoms with Crippen molar-refractivity contribution in [1.82, 2.24) is 0 Å². The highest BCUT2D eigenvalue weighted by molar-refractivity contribution is 6.28. The molecule has 0 fully saturated rings. The van der Waals surface area contributed by atoms with E-state index in [1.165, 1.54) is 22.8 Å². The summed E-state index contributed by atoms with van der Waals surface area (Å²) in [6.07, 6.45) is 1.99. The quantitative estimate of drug-likeness (QED) is 0.332. The maximum atomic E-state index is 10.8. The first kappa shape index (κ1) is 15.5. The van der Waals surface area contributed by atoms with Gasteiger partial charge in [-0.2, -0.15) is 0 Å². The minimum absolute atomic E-state index is 0.366. The Kier molecular flexibility index (Phi) is 6.36. The number of benzene rings is 1. The standard InChI is InChI=1S/C15H20O3Si/c1-5-15(16)17-9-6-10-19-18-14-8-7-11(2)12(3)13(14)4/h5,7-8H,1,6,9-10H2,2-4H3. The van der Waals surface area contributed by atoms with Crippen molar-refractivity contribution in [2.75, 3.05) is 6.61 Å². The van der Waals surface area contributed by atoms with E-state index in [1.807, 2.05) is 6.07 Å². The summed E-state index contributed by atoms with van der Waals surface area (Å²) in [5.41, 5.74) is 3.76. The Bertz CT molecular complexity index is 455. The fourth-order valence-electron chi connectivity index (χ4n) is 1.55. The molecule has 0 aliphatic heterocycles. The van der Waals surface area contributed by atoms with E-state index in [1.54, 1.807) is 0 Å². The van der Waals surface area contributed by atoms with E-state index >= 15 is 0 Å². The average molecular weight is 276 g/mol. The molecule has 0 aliphatic rings. The Morgan fingerprint density at radius 3 is 2.74 bits per heavy atom. The first-order valence-electron chi connectivity index (χ1n) is 6.32. The molecule has 4 heteroatoms. The second-order valence-corrected chi connectivity index (χ2v) is 5.34. The molecule has 0 spiro atoms. The van der Waals surface area contributed by atoms with Crippen molar-refractivity contribution < 1.29 is 14.0 Å². The minimum atomic E-state index is -0.366. The molecule has 0 atom stereocenters. The minimum Gasteiger partial charge on any atom is -0.541 e. The molecule has 0 aliphatic carbocycles. The zero-order valence-corrected chi connectivity index (χ0v) is 12.8. The molecule has 3 nitrogen and oxygen atoms in total. The van der Waals surface area contributed by atoms with Crippen LogP contribution in [-0.2, 0) is 9.53 Å². The third-order valence-corrected chi connectivity index (χ3v) is 3.95. The molecular weight excluding hydrogens is 256 g/mol. The first-order valence-corrected chi connectivity index (χ1v) is 7.43. The van der Waals surface area contributed by atoms with Crippen molar-refractivity contribution in [1.29, 1.82) is 0 Å². The summed E-state index contributed by atoms with van der Waals surface area (Å²) in [5.74, 6) is 0.582. The van der Waals surface area contributed by atoms with Crippen LogP contribution < -0.4 is 4.43 Å². The van der Waals surface area contributed by atoms with Gasteiger partial charge in [0.15, 0.2) is 0 Å². The van der Waals surface area contributed by atoms with Crippen LogP contribution in [0.2, 0.25) is 6.04 Å². The van der Waals surface area contributed by atoms with Crippen molar-refractivity contribution >= 4 is 15.7 Å². The van der Waals surface area contributed by atoms with E-state index in [2.05, 4.69) is 33.4 Å². The van der Waals surface area contributed by atoms with Crippen molar-refractivity contribution in [3.63, 3.8) is 0 Å². The number of carbonyl (C=O) groups is 1. The van der Waals surface area contributed by atoms with Gasteiger partial charge in [0.25, 0.3) is 0 Å². The van der Waals surface area contributed by atoms with E-state index in [0.29, 0.717) is 16.4 Å². The summed E-state index contributed by atoms with van der Waals surface area (Å²) < 4.78 is 10.7. The van der Waals surface area contributed by atoms with Crippen molar-refractivity contribution in [2.45, 2.75) is 33.2 Å². The van der Waals surface area contributed by atoms with Crippen LogP contribution in [0, 0.1) is 20.8 Å². The van der Waals surface area contributed by atoms with Crippen LogP contribution in [-0.4, -0.2) is 22.3 Å². The summed E-state index contributed by atoms with van der Waals surface area (Å²) in [6, 6.07) is 4.98. The van der Waals surface area contributed by atoms with Crippen LogP contribution in [0.3, 0.4) is 0 Å². The van der Waals surface area contributed by atoms with E-state index in [4.69, 9.17) is 9.16 Å². The van der Waals surface area contributed by atoms with Gasteiger partial charge in [-0.25, -0.2) is 4.79 Å². The molecule has 0 amide bonds. The average Bonchev–Trinajstić information content (AvgIpc) is 2.41. The number of hydrogen-bond donors (Lipinski definition) is 0. The van der Waals surface area contributed by atoms with Crippen LogP contribution in [0.5, 0.6) is 5.75 Å². The highest BCUT2D eigenvalue weighted by Gasteiger charge is 2.05. The molecule has 1 rings (SSSR count). The number of rotatable bonds is 7. The third kappa shape index (κ3) is 4.91.